The number of aromatic hydroxyl groups is 1. The van der Waals surface area contributed by atoms with E-state index in [9.17, 15) is 33.9 Å². The highest BCUT2D eigenvalue weighted by Crippen LogP contribution is 2.12. The van der Waals surface area contributed by atoms with Crippen molar-refractivity contribution < 1.29 is 39.0 Å². The molecule has 35 heavy (non-hydrogen) atoms. The molecule has 1 aromatic rings. The molecule has 4 atom stereocenters. The quantitative estimate of drug-likeness (QED) is 0.194. The third kappa shape index (κ3) is 10.2. The fraction of sp³-hybridized carbons (Fsp3) is 0.478. The standard InChI is InChI=1S/C23H32N4O8/c1-12(2)20(23(35)24-13(3)21(33)26-16(11-28)10-19(31)32)27-22(34)18(25-14(4)29)9-15-5-7-17(30)8-6-15/h5-8,11-13,16,18,20,30H,9-10H2,1-4H3,(H,24,35)(H,25,29)(H,26,33)(H,27,34)(H,31,32)/t13-,16+,18-,20+/m0/s1. The first-order valence-corrected chi connectivity index (χ1v) is 11.0. The number of nitrogens with one attached hydrogen (secondary N) is 4. The summed E-state index contributed by atoms with van der Waals surface area (Å²) in [4.78, 5) is 71.4. The maximum absolute atomic E-state index is 12.9. The Bertz CT molecular complexity index is 932. The summed E-state index contributed by atoms with van der Waals surface area (Å²) in [5.41, 5.74) is 0.665. The molecule has 0 aliphatic carbocycles. The smallest absolute Gasteiger partial charge is 0.305 e. The first-order chi connectivity index (χ1) is 16.3. The number of carbonyl (C=O) groups excluding carboxylic acids is 5. The van der Waals surface area contributed by atoms with E-state index in [1.165, 1.54) is 26.0 Å². The van der Waals surface area contributed by atoms with Crippen LogP contribution in [0.1, 0.15) is 39.7 Å². The van der Waals surface area contributed by atoms with Crippen molar-refractivity contribution >= 4 is 35.9 Å². The third-order valence-electron chi connectivity index (χ3n) is 4.96. The number of phenolic OH excluding ortho intramolecular Hbond substituents is 1. The molecule has 0 radical (unpaired) electrons. The number of hydrogen-bond donors (Lipinski definition) is 6. The predicted octanol–water partition coefficient (Wildman–Crippen LogP) is -0.757. The molecule has 0 saturated heterocycles. The van der Waals surface area contributed by atoms with Gasteiger partial charge in [0.15, 0.2) is 0 Å². The highest BCUT2D eigenvalue weighted by Gasteiger charge is 2.30. The van der Waals surface area contributed by atoms with Crippen LogP contribution in [0.15, 0.2) is 24.3 Å². The lowest BCUT2D eigenvalue weighted by Gasteiger charge is -2.26. The number of aliphatic carboxylic acids is 1. The second kappa shape index (κ2) is 13.7. The number of amides is 4. The van der Waals surface area contributed by atoms with Gasteiger partial charge in [-0.25, -0.2) is 0 Å². The Labute approximate surface area is 202 Å². The minimum absolute atomic E-state index is 0.0476. The van der Waals surface area contributed by atoms with E-state index in [-0.39, 0.29) is 18.5 Å². The van der Waals surface area contributed by atoms with E-state index in [0.717, 1.165) is 0 Å². The molecule has 1 rings (SSSR count). The molecule has 192 valence electrons. The molecule has 0 heterocycles. The van der Waals surface area contributed by atoms with E-state index in [0.29, 0.717) is 5.56 Å². The van der Waals surface area contributed by atoms with Crippen molar-refractivity contribution in [2.45, 2.75) is 64.7 Å². The molecular weight excluding hydrogens is 460 g/mol. The van der Waals surface area contributed by atoms with Gasteiger partial charge in [-0.2, -0.15) is 0 Å². The maximum atomic E-state index is 12.9. The first-order valence-electron chi connectivity index (χ1n) is 11.0. The van der Waals surface area contributed by atoms with Crippen LogP contribution >= 0.6 is 0 Å². The van der Waals surface area contributed by atoms with Crippen LogP contribution in [-0.4, -0.2) is 70.3 Å². The van der Waals surface area contributed by atoms with Crippen LogP contribution in [0.3, 0.4) is 0 Å². The minimum atomic E-state index is -1.28. The zero-order valence-electron chi connectivity index (χ0n) is 20.0. The number of carboxylic acids is 1. The van der Waals surface area contributed by atoms with Gasteiger partial charge in [0.1, 0.15) is 30.2 Å². The zero-order chi connectivity index (χ0) is 26.7. The summed E-state index contributed by atoms with van der Waals surface area (Å²) in [7, 11) is 0. The molecule has 12 nitrogen and oxygen atoms in total. The Morgan fingerprint density at radius 1 is 0.886 bits per heavy atom. The van der Waals surface area contributed by atoms with Crippen LogP contribution in [0.4, 0.5) is 0 Å². The van der Waals surface area contributed by atoms with Gasteiger partial charge in [0.25, 0.3) is 0 Å². The van der Waals surface area contributed by atoms with E-state index >= 15 is 0 Å². The molecular formula is C23H32N4O8. The largest absolute Gasteiger partial charge is 0.508 e. The van der Waals surface area contributed by atoms with Gasteiger partial charge < -0.3 is 36.3 Å². The molecule has 0 saturated carbocycles. The zero-order valence-corrected chi connectivity index (χ0v) is 20.0. The maximum Gasteiger partial charge on any atom is 0.305 e. The summed E-state index contributed by atoms with van der Waals surface area (Å²) >= 11 is 0. The van der Waals surface area contributed by atoms with Crippen molar-refractivity contribution in [1.29, 1.82) is 0 Å². The average Bonchev–Trinajstić information content (AvgIpc) is 2.76. The van der Waals surface area contributed by atoms with E-state index in [1.807, 2.05) is 0 Å². The number of carboxylic acid groups (broad SMARTS) is 1. The fourth-order valence-corrected chi connectivity index (χ4v) is 3.11. The van der Waals surface area contributed by atoms with E-state index in [2.05, 4.69) is 21.3 Å². The normalized spacial score (nSPS) is 14.1. The van der Waals surface area contributed by atoms with Crippen LogP contribution in [0.5, 0.6) is 5.75 Å². The molecule has 6 N–H and O–H groups in total. The molecule has 1 aromatic carbocycles. The second-order valence-electron chi connectivity index (χ2n) is 8.43. The minimum Gasteiger partial charge on any atom is -0.508 e. The van der Waals surface area contributed by atoms with Crippen LogP contribution < -0.4 is 21.3 Å². The highest BCUT2D eigenvalue weighted by atomic mass is 16.4. The summed E-state index contributed by atoms with van der Waals surface area (Å²) in [5, 5.41) is 28.0. The number of rotatable bonds is 13. The molecule has 0 bridgehead atoms. The van der Waals surface area contributed by atoms with Crippen LogP contribution in [-0.2, 0) is 35.2 Å². The molecule has 12 heteroatoms. The van der Waals surface area contributed by atoms with Crippen molar-refractivity contribution in [3.8, 4) is 5.75 Å². The average molecular weight is 493 g/mol. The van der Waals surface area contributed by atoms with Gasteiger partial charge in [-0.1, -0.05) is 26.0 Å². The van der Waals surface area contributed by atoms with Gasteiger partial charge in [-0.3, -0.25) is 24.0 Å². The molecule has 0 aliphatic heterocycles. The molecule has 0 aliphatic rings. The summed E-state index contributed by atoms with van der Waals surface area (Å²) in [6.45, 7) is 5.96. The summed E-state index contributed by atoms with van der Waals surface area (Å²) in [6.07, 6.45) is -0.215. The Kier molecular flexibility index (Phi) is 11.4. The molecule has 0 spiro atoms. The lowest BCUT2D eigenvalue weighted by atomic mass is 10.0. The Balaban J connectivity index is 2.88. The number of benzene rings is 1. The molecule has 0 aromatic heterocycles. The van der Waals surface area contributed by atoms with Gasteiger partial charge >= 0.3 is 5.97 Å². The second-order valence-corrected chi connectivity index (χ2v) is 8.43. The fourth-order valence-electron chi connectivity index (χ4n) is 3.11. The topological polar surface area (TPSA) is 191 Å². The van der Waals surface area contributed by atoms with Crippen molar-refractivity contribution in [3.63, 3.8) is 0 Å². The van der Waals surface area contributed by atoms with E-state index in [4.69, 9.17) is 5.11 Å². The molecule has 0 unspecified atom stereocenters. The van der Waals surface area contributed by atoms with Crippen molar-refractivity contribution in [2.24, 2.45) is 5.92 Å². The van der Waals surface area contributed by atoms with E-state index in [1.54, 1.807) is 26.0 Å². The molecule has 0 fully saturated rings. The van der Waals surface area contributed by atoms with Gasteiger partial charge in [0.2, 0.25) is 23.6 Å². The Morgan fingerprint density at radius 2 is 1.49 bits per heavy atom. The third-order valence-corrected chi connectivity index (χ3v) is 4.96. The van der Waals surface area contributed by atoms with Crippen LogP contribution in [0.2, 0.25) is 0 Å². The Morgan fingerprint density at radius 3 is 1.97 bits per heavy atom. The van der Waals surface area contributed by atoms with Crippen molar-refractivity contribution in [2.75, 3.05) is 0 Å². The van der Waals surface area contributed by atoms with Crippen LogP contribution in [0.25, 0.3) is 0 Å². The van der Waals surface area contributed by atoms with Crippen molar-refractivity contribution in [1.82, 2.24) is 21.3 Å². The first kappa shape index (κ1) is 29.1. The Hall–Kier alpha value is -3.96. The predicted molar refractivity (Wildman–Crippen MR) is 124 cm³/mol. The van der Waals surface area contributed by atoms with Gasteiger partial charge in [-0.15, -0.1) is 0 Å². The van der Waals surface area contributed by atoms with Gasteiger partial charge in [0, 0.05) is 13.3 Å². The highest BCUT2D eigenvalue weighted by molar-refractivity contribution is 5.94. The lowest BCUT2D eigenvalue weighted by molar-refractivity contribution is -0.139. The van der Waals surface area contributed by atoms with E-state index < -0.39 is 66.1 Å². The summed E-state index contributed by atoms with van der Waals surface area (Å²) in [6, 6.07) is 1.65. The SMILES string of the molecule is CC(=O)N[C@@H](Cc1ccc(O)cc1)C(=O)N[C@@H](C(=O)N[C@@H](C)C(=O)N[C@@H](C=O)CC(=O)O)C(C)C. The number of aldehydes is 1. The molecule has 4 amide bonds. The van der Waals surface area contributed by atoms with Gasteiger partial charge in [0.05, 0.1) is 12.5 Å². The summed E-state index contributed by atoms with van der Waals surface area (Å²) in [5.74, 6) is -4.14. The monoisotopic (exact) mass is 492 g/mol. The number of carbonyl (C=O) groups is 6. The summed E-state index contributed by atoms with van der Waals surface area (Å²) < 4.78 is 0. The lowest BCUT2D eigenvalue weighted by Crippen LogP contribution is -2.58. The van der Waals surface area contributed by atoms with Crippen LogP contribution in [0, 0.1) is 5.92 Å². The van der Waals surface area contributed by atoms with Crippen molar-refractivity contribution in [3.05, 3.63) is 29.8 Å². The van der Waals surface area contributed by atoms with Gasteiger partial charge in [-0.05, 0) is 30.5 Å². The number of hydrogen-bond acceptors (Lipinski definition) is 7. The number of phenols is 1.